The van der Waals surface area contributed by atoms with Crippen LogP contribution in [0.1, 0.15) is 37.0 Å². The number of rotatable bonds is 5. The molecule has 1 fully saturated rings. The van der Waals surface area contributed by atoms with Crippen LogP contribution in [-0.2, 0) is 0 Å². The molecule has 1 saturated heterocycles. The minimum absolute atomic E-state index is 0. The van der Waals surface area contributed by atoms with Gasteiger partial charge in [0.05, 0.1) is 5.56 Å². The molecule has 0 spiro atoms. The highest BCUT2D eigenvalue weighted by atomic mass is 35.5. The molecule has 1 amide bonds. The van der Waals surface area contributed by atoms with Gasteiger partial charge in [-0.3, -0.25) is 4.79 Å². The maximum atomic E-state index is 12.5. The summed E-state index contributed by atoms with van der Waals surface area (Å²) in [4.78, 5) is 13.5. The second kappa shape index (κ2) is 9.02. The van der Waals surface area contributed by atoms with E-state index >= 15 is 0 Å². The molecule has 0 radical (unpaired) electrons. The zero-order valence-electron chi connectivity index (χ0n) is 13.1. The molecule has 22 heavy (non-hydrogen) atoms. The Bertz CT molecular complexity index is 505. The van der Waals surface area contributed by atoms with Gasteiger partial charge in [0.15, 0.2) is 0 Å². The van der Waals surface area contributed by atoms with Crippen molar-refractivity contribution in [1.82, 2.24) is 10.6 Å². The summed E-state index contributed by atoms with van der Waals surface area (Å²) < 4.78 is 0. The number of hydrogen-bond acceptors (Lipinski definition) is 3. The molecule has 2 rings (SSSR count). The first-order valence-corrected chi connectivity index (χ1v) is 8.82. The number of nitrogens with one attached hydrogen (secondary N) is 2. The summed E-state index contributed by atoms with van der Waals surface area (Å²) in [6.07, 6.45) is 2.19. The second-order valence-electron chi connectivity index (χ2n) is 5.82. The summed E-state index contributed by atoms with van der Waals surface area (Å²) in [5.74, 6) is 0.916. The largest absolute Gasteiger partial charge is 0.351 e. The van der Waals surface area contributed by atoms with Gasteiger partial charge >= 0.3 is 0 Å². The molecule has 0 atom stereocenters. The Kier molecular flexibility index (Phi) is 8.04. The van der Waals surface area contributed by atoms with Gasteiger partial charge in [-0.1, -0.05) is 25.4 Å². The molecule has 0 bridgehead atoms. The van der Waals surface area contributed by atoms with Crippen LogP contribution in [-0.4, -0.2) is 31.3 Å². The minimum Gasteiger partial charge on any atom is -0.351 e. The molecule has 124 valence electrons. The summed E-state index contributed by atoms with van der Waals surface area (Å²) in [5, 5.41) is 7.06. The van der Waals surface area contributed by atoms with Crippen LogP contribution in [0.25, 0.3) is 0 Å². The third kappa shape index (κ3) is 5.34. The van der Waals surface area contributed by atoms with Crippen molar-refractivity contribution in [3.8, 4) is 0 Å². The zero-order chi connectivity index (χ0) is 15.3. The average molecular weight is 363 g/mol. The summed E-state index contributed by atoms with van der Waals surface area (Å²) in [5.41, 5.74) is 0.879. The maximum absolute atomic E-state index is 12.5. The van der Waals surface area contributed by atoms with E-state index in [0.29, 0.717) is 10.6 Å². The zero-order valence-corrected chi connectivity index (χ0v) is 15.5. The van der Waals surface area contributed by atoms with Gasteiger partial charge in [-0.2, -0.15) is 0 Å². The lowest BCUT2D eigenvalue weighted by Gasteiger charge is -2.34. The van der Waals surface area contributed by atoms with E-state index in [1.54, 1.807) is 17.8 Å². The van der Waals surface area contributed by atoms with Gasteiger partial charge in [0, 0.05) is 16.5 Å². The van der Waals surface area contributed by atoms with Crippen molar-refractivity contribution in [1.29, 1.82) is 0 Å². The summed E-state index contributed by atoms with van der Waals surface area (Å²) in [7, 11) is 0. The Labute approximate surface area is 148 Å². The molecular formula is C16H24Cl2N2OS. The quantitative estimate of drug-likeness (QED) is 0.777. The SMILES string of the molecule is CCSc1ccc(Cl)cc1C(=O)NCC1(C)CCNCC1.Cl. The van der Waals surface area contributed by atoms with Gasteiger partial charge in [-0.15, -0.1) is 24.2 Å². The number of piperidine rings is 1. The third-order valence-corrected chi connectivity index (χ3v) is 5.16. The minimum atomic E-state index is -0.0202. The van der Waals surface area contributed by atoms with Gasteiger partial charge in [-0.25, -0.2) is 0 Å². The highest BCUT2D eigenvalue weighted by molar-refractivity contribution is 7.99. The summed E-state index contributed by atoms with van der Waals surface area (Å²) >= 11 is 7.71. The molecule has 0 unspecified atom stereocenters. The lowest BCUT2D eigenvalue weighted by atomic mass is 9.81. The Morgan fingerprint density at radius 3 is 2.73 bits per heavy atom. The van der Waals surface area contributed by atoms with Crippen LogP contribution in [0.15, 0.2) is 23.1 Å². The molecule has 2 N–H and O–H groups in total. The lowest BCUT2D eigenvalue weighted by molar-refractivity contribution is 0.0919. The van der Waals surface area contributed by atoms with E-state index in [9.17, 15) is 4.79 Å². The number of carbonyl (C=O) groups excluding carboxylic acids is 1. The average Bonchev–Trinajstić information content (AvgIpc) is 2.48. The normalized spacial score (nSPS) is 16.7. The first kappa shape index (κ1) is 19.6. The van der Waals surface area contributed by atoms with E-state index in [0.717, 1.165) is 43.1 Å². The molecule has 0 saturated carbocycles. The van der Waals surface area contributed by atoms with Crippen molar-refractivity contribution in [2.24, 2.45) is 5.41 Å². The number of thioether (sulfide) groups is 1. The number of hydrogen-bond donors (Lipinski definition) is 2. The van der Waals surface area contributed by atoms with Crippen LogP contribution >= 0.6 is 35.8 Å². The Balaban J connectivity index is 0.00000242. The monoisotopic (exact) mass is 362 g/mol. The van der Waals surface area contributed by atoms with Crippen molar-refractivity contribution >= 4 is 41.7 Å². The van der Waals surface area contributed by atoms with Crippen molar-refractivity contribution < 1.29 is 4.79 Å². The van der Waals surface area contributed by atoms with E-state index in [1.807, 2.05) is 12.1 Å². The first-order chi connectivity index (χ1) is 10.0. The first-order valence-electron chi connectivity index (χ1n) is 7.45. The standard InChI is InChI=1S/C16H23ClN2OS.ClH/c1-3-21-14-5-4-12(17)10-13(14)15(20)19-11-16(2)6-8-18-9-7-16;/h4-5,10,18H,3,6-9,11H2,1-2H3,(H,19,20);1H. The van der Waals surface area contributed by atoms with E-state index in [1.165, 1.54) is 0 Å². The van der Waals surface area contributed by atoms with Crippen LogP contribution in [0.4, 0.5) is 0 Å². The number of benzene rings is 1. The Hall–Kier alpha value is -0.420. The predicted molar refractivity (Wildman–Crippen MR) is 97.6 cm³/mol. The maximum Gasteiger partial charge on any atom is 0.252 e. The van der Waals surface area contributed by atoms with Gasteiger partial charge < -0.3 is 10.6 Å². The lowest BCUT2D eigenvalue weighted by Crippen LogP contribution is -2.43. The Morgan fingerprint density at radius 2 is 2.09 bits per heavy atom. The van der Waals surface area contributed by atoms with Crippen LogP contribution < -0.4 is 10.6 Å². The molecule has 1 aromatic carbocycles. The van der Waals surface area contributed by atoms with Crippen LogP contribution in [0.3, 0.4) is 0 Å². The second-order valence-corrected chi connectivity index (χ2v) is 7.56. The fourth-order valence-electron chi connectivity index (χ4n) is 2.56. The molecule has 1 aromatic rings. The fraction of sp³-hybridized carbons (Fsp3) is 0.562. The van der Waals surface area contributed by atoms with Gasteiger partial charge in [0.25, 0.3) is 5.91 Å². The topological polar surface area (TPSA) is 41.1 Å². The molecule has 0 aliphatic carbocycles. The molecule has 1 aliphatic rings. The van der Waals surface area contributed by atoms with E-state index in [2.05, 4.69) is 24.5 Å². The van der Waals surface area contributed by atoms with Crippen molar-refractivity contribution in [3.63, 3.8) is 0 Å². The number of halogens is 2. The van der Waals surface area contributed by atoms with Crippen molar-refractivity contribution in [3.05, 3.63) is 28.8 Å². The number of amides is 1. The Morgan fingerprint density at radius 1 is 1.41 bits per heavy atom. The van der Waals surface area contributed by atoms with Crippen LogP contribution in [0.5, 0.6) is 0 Å². The summed E-state index contributed by atoms with van der Waals surface area (Å²) in [6.45, 7) is 7.10. The van der Waals surface area contributed by atoms with E-state index in [4.69, 9.17) is 11.6 Å². The summed E-state index contributed by atoms with van der Waals surface area (Å²) in [6, 6.07) is 5.53. The molecule has 3 nitrogen and oxygen atoms in total. The molecule has 6 heteroatoms. The highest BCUT2D eigenvalue weighted by Crippen LogP contribution is 2.28. The number of carbonyl (C=O) groups is 1. The van der Waals surface area contributed by atoms with E-state index < -0.39 is 0 Å². The highest BCUT2D eigenvalue weighted by Gasteiger charge is 2.27. The molecule has 1 aliphatic heterocycles. The fourth-order valence-corrected chi connectivity index (χ4v) is 3.51. The molecule has 1 heterocycles. The van der Waals surface area contributed by atoms with Crippen molar-refractivity contribution in [2.75, 3.05) is 25.4 Å². The van der Waals surface area contributed by atoms with Crippen LogP contribution in [0.2, 0.25) is 5.02 Å². The molecule has 0 aromatic heterocycles. The predicted octanol–water partition coefficient (Wildman–Crippen LogP) is 3.99. The van der Waals surface area contributed by atoms with E-state index in [-0.39, 0.29) is 23.7 Å². The smallest absolute Gasteiger partial charge is 0.252 e. The van der Waals surface area contributed by atoms with Crippen LogP contribution in [0, 0.1) is 5.41 Å². The third-order valence-electron chi connectivity index (χ3n) is 3.97. The van der Waals surface area contributed by atoms with Gasteiger partial charge in [0.2, 0.25) is 0 Å². The molecular weight excluding hydrogens is 339 g/mol. The van der Waals surface area contributed by atoms with Gasteiger partial charge in [0.1, 0.15) is 0 Å². The van der Waals surface area contributed by atoms with Crippen molar-refractivity contribution in [2.45, 2.75) is 31.6 Å². The van der Waals surface area contributed by atoms with Gasteiger partial charge in [-0.05, 0) is 55.3 Å².